The van der Waals surface area contributed by atoms with Gasteiger partial charge in [0, 0.05) is 6.42 Å². The summed E-state index contributed by atoms with van der Waals surface area (Å²) in [5, 5.41) is 10.2. The average Bonchev–Trinajstić information content (AvgIpc) is 2.42. The van der Waals surface area contributed by atoms with Crippen molar-refractivity contribution in [3.8, 4) is 0 Å². The zero-order chi connectivity index (χ0) is 15.6. The van der Waals surface area contributed by atoms with Crippen LogP contribution in [0.1, 0.15) is 43.6 Å². The first-order valence-electron chi connectivity index (χ1n) is 7.00. The van der Waals surface area contributed by atoms with Crippen LogP contribution in [0.25, 0.3) is 0 Å². The van der Waals surface area contributed by atoms with Crippen LogP contribution < -0.4 is 0 Å². The lowest BCUT2D eigenvalue weighted by molar-refractivity contribution is 0.177. The molecule has 0 aliphatic heterocycles. The van der Waals surface area contributed by atoms with Crippen LogP contribution in [0.5, 0.6) is 0 Å². The zero-order valence-electron chi connectivity index (χ0n) is 12.5. The second kappa shape index (κ2) is 5.94. The third kappa shape index (κ3) is 3.88. The summed E-state index contributed by atoms with van der Waals surface area (Å²) in [4.78, 5) is 0. The Morgan fingerprint density at radius 2 is 1.62 bits per heavy atom. The van der Waals surface area contributed by atoms with Gasteiger partial charge in [0.15, 0.2) is 0 Å². The van der Waals surface area contributed by atoms with Crippen LogP contribution in [0.2, 0.25) is 0 Å². The third-order valence-corrected chi connectivity index (χ3v) is 3.58. The van der Waals surface area contributed by atoms with Crippen molar-refractivity contribution in [3.63, 3.8) is 0 Å². The van der Waals surface area contributed by atoms with Gasteiger partial charge in [-0.3, -0.25) is 0 Å². The van der Waals surface area contributed by atoms with E-state index in [1.807, 2.05) is 24.3 Å². The molecule has 112 valence electrons. The molecule has 3 heteroatoms. The molecule has 0 aliphatic rings. The lowest BCUT2D eigenvalue weighted by Crippen LogP contribution is -2.11. The molecule has 2 aromatic carbocycles. The smallest absolute Gasteiger partial charge is 0.126 e. The van der Waals surface area contributed by atoms with Gasteiger partial charge in [0.05, 0.1) is 6.10 Å². The third-order valence-electron chi connectivity index (χ3n) is 3.58. The first-order chi connectivity index (χ1) is 9.77. The molecule has 2 rings (SSSR count). The van der Waals surface area contributed by atoms with Crippen molar-refractivity contribution in [2.45, 2.75) is 38.7 Å². The van der Waals surface area contributed by atoms with Gasteiger partial charge in [-0.25, -0.2) is 8.78 Å². The summed E-state index contributed by atoms with van der Waals surface area (Å²) in [5.41, 5.74) is 2.09. The fourth-order valence-corrected chi connectivity index (χ4v) is 2.23. The number of aliphatic hydroxyl groups excluding tert-OH is 1. The van der Waals surface area contributed by atoms with E-state index in [4.69, 9.17) is 0 Å². The quantitative estimate of drug-likeness (QED) is 0.880. The van der Waals surface area contributed by atoms with Gasteiger partial charge >= 0.3 is 0 Å². The molecule has 2 aromatic rings. The Morgan fingerprint density at radius 1 is 1.00 bits per heavy atom. The van der Waals surface area contributed by atoms with Crippen LogP contribution in [0.4, 0.5) is 8.78 Å². The highest BCUT2D eigenvalue weighted by atomic mass is 19.1. The summed E-state index contributed by atoms with van der Waals surface area (Å²) in [6.07, 6.45) is -0.798. The predicted molar refractivity (Wildman–Crippen MR) is 80.2 cm³/mol. The lowest BCUT2D eigenvalue weighted by Gasteiger charge is -2.20. The molecule has 21 heavy (non-hydrogen) atoms. The van der Waals surface area contributed by atoms with E-state index in [0.29, 0.717) is 5.56 Å². The SMILES string of the molecule is CC(C)(C)c1ccc(C(O)Cc2cc(F)ccc2F)cc1. The minimum Gasteiger partial charge on any atom is -0.388 e. The molecular weight excluding hydrogens is 270 g/mol. The molecule has 0 aromatic heterocycles. The van der Waals surface area contributed by atoms with E-state index in [1.165, 1.54) is 0 Å². The average molecular weight is 290 g/mol. The van der Waals surface area contributed by atoms with Gasteiger partial charge in [0.25, 0.3) is 0 Å². The van der Waals surface area contributed by atoms with Gasteiger partial charge < -0.3 is 5.11 Å². The van der Waals surface area contributed by atoms with E-state index < -0.39 is 17.7 Å². The molecule has 0 saturated heterocycles. The van der Waals surface area contributed by atoms with Gasteiger partial charge in [-0.05, 0) is 40.3 Å². The molecule has 0 spiro atoms. The minimum atomic E-state index is -0.852. The molecule has 0 aliphatic carbocycles. The summed E-state index contributed by atoms with van der Waals surface area (Å²) in [6.45, 7) is 6.33. The molecule has 0 fully saturated rings. The molecule has 0 bridgehead atoms. The van der Waals surface area contributed by atoms with Crippen molar-refractivity contribution in [1.82, 2.24) is 0 Å². The van der Waals surface area contributed by atoms with Crippen molar-refractivity contribution >= 4 is 0 Å². The Bertz CT molecular complexity index is 612. The van der Waals surface area contributed by atoms with Crippen LogP contribution >= 0.6 is 0 Å². The number of halogens is 2. The van der Waals surface area contributed by atoms with E-state index in [0.717, 1.165) is 23.8 Å². The predicted octanol–water partition coefficient (Wildman–Crippen LogP) is 4.54. The van der Waals surface area contributed by atoms with Gasteiger partial charge in [-0.15, -0.1) is 0 Å². The van der Waals surface area contributed by atoms with E-state index in [9.17, 15) is 13.9 Å². The van der Waals surface area contributed by atoms with Crippen molar-refractivity contribution in [2.24, 2.45) is 0 Å². The first kappa shape index (κ1) is 15.6. The maximum atomic E-state index is 13.6. The maximum Gasteiger partial charge on any atom is 0.126 e. The van der Waals surface area contributed by atoms with Crippen LogP contribution in [0.15, 0.2) is 42.5 Å². The highest BCUT2D eigenvalue weighted by molar-refractivity contribution is 5.30. The van der Waals surface area contributed by atoms with Gasteiger partial charge in [0.1, 0.15) is 11.6 Å². The fourth-order valence-electron chi connectivity index (χ4n) is 2.23. The molecular formula is C18H20F2O. The number of rotatable bonds is 3. The Labute approximate surface area is 124 Å². The normalized spacial score (nSPS) is 13.2. The molecule has 0 saturated carbocycles. The van der Waals surface area contributed by atoms with E-state index in [1.54, 1.807) is 0 Å². The first-order valence-corrected chi connectivity index (χ1v) is 7.00. The van der Waals surface area contributed by atoms with Gasteiger partial charge in [0.2, 0.25) is 0 Å². The van der Waals surface area contributed by atoms with Gasteiger partial charge in [-0.2, -0.15) is 0 Å². The Balaban J connectivity index is 2.17. The number of hydrogen-bond acceptors (Lipinski definition) is 1. The van der Waals surface area contributed by atoms with E-state index in [-0.39, 0.29) is 17.4 Å². The van der Waals surface area contributed by atoms with E-state index in [2.05, 4.69) is 20.8 Å². The second-order valence-corrected chi connectivity index (χ2v) is 6.33. The van der Waals surface area contributed by atoms with Crippen molar-refractivity contribution in [3.05, 3.63) is 70.8 Å². The summed E-state index contributed by atoms with van der Waals surface area (Å²) < 4.78 is 26.7. The fraction of sp³-hybridized carbons (Fsp3) is 0.333. The Kier molecular flexibility index (Phi) is 4.43. The molecule has 0 radical (unpaired) electrons. The molecule has 1 atom stereocenters. The van der Waals surface area contributed by atoms with Crippen LogP contribution in [-0.2, 0) is 11.8 Å². The monoisotopic (exact) mass is 290 g/mol. The maximum absolute atomic E-state index is 13.6. The summed E-state index contributed by atoms with van der Waals surface area (Å²) >= 11 is 0. The molecule has 0 heterocycles. The second-order valence-electron chi connectivity index (χ2n) is 6.33. The van der Waals surface area contributed by atoms with Gasteiger partial charge in [-0.1, -0.05) is 45.0 Å². The van der Waals surface area contributed by atoms with E-state index >= 15 is 0 Å². The van der Waals surface area contributed by atoms with Crippen molar-refractivity contribution in [2.75, 3.05) is 0 Å². The number of benzene rings is 2. The molecule has 1 nitrogen and oxygen atoms in total. The summed E-state index contributed by atoms with van der Waals surface area (Å²) in [7, 11) is 0. The number of hydrogen-bond donors (Lipinski definition) is 1. The largest absolute Gasteiger partial charge is 0.388 e. The highest BCUT2D eigenvalue weighted by Crippen LogP contribution is 2.25. The Hall–Kier alpha value is -1.74. The zero-order valence-corrected chi connectivity index (χ0v) is 12.5. The van der Waals surface area contributed by atoms with Crippen molar-refractivity contribution in [1.29, 1.82) is 0 Å². The van der Waals surface area contributed by atoms with Crippen molar-refractivity contribution < 1.29 is 13.9 Å². The highest BCUT2D eigenvalue weighted by Gasteiger charge is 2.16. The topological polar surface area (TPSA) is 20.2 Å². The summed E-state index contributed by atoms with van der Waals surface area (Å²) in [6, 6.07) is 10.9. The molecule has 1 N–H and O–H groups in total. The lowest BCUT2D eigenvalue weighted by atomic mass is 9.86. The molecule has 1 unspecified atom stereocenters. The van der Waals surface area contributed by atoms with Crippen LogP contribution in [0, 0.1) is 11.6 Å². The minimum absolute atomic E-state index is 0.0398. The van der Waals surface area contributed by atoms with Crippen LogP contribution in [-0.4, -0.2) is 5.11 Å². The summed E-state index contributed by atoms with van der Waals surface area (Å²) in [5.74, 6) is -0.997. The van der Waals surface area contributed by atoms with Crippen LogP contribution in [0.3, 0.4) is 0 Å². The Morgan fingerprint density at radius 3 is 2.19 bits per heavy atom. The standard InChI is InChI=1S/C18H20F2O/c1-18(2,3)14-6-4-12(5-7-14)17(21)11-13-10-15(19)8-9-16(13)20/h4-10,17,21H,11H2,1-3H3. The number of aliphatic hydroxyl groups is 1. The molecule has 0 amide bonds.